The highest BCUT2D eigenvalue weighted by molar-refractivity contribution is 6.34. The Morgan fingerprint density at radius 2 is 2.11 bits per heavy atom. The maximum Gasteiger partial charge on any atom is 0.346 e. The van der Waals surface area contributed by atoms with Crippen LogP contribution in [0.4, 0.5) is 0 Å². The van der Waals surface area contributed by atoms with Crippen LogP contribution in [0.1, 0.15) is 30.0 Å². The number of ether oxygens (including phenoxy) is 1. The number of hydrogen-bond donors (Lipinski definition) is 2. The second-order valence-corrected chi connectivity index (χ2v) is 6.41. The van der Waals surface area contributed by atoms with Crippen molar-refractivity contribution in [2.45, 2.75) is 19.8 Å². The largest absolute Gasteiger partial charge is 0.494 e. The van der Waals surface area contributed by atoms with Gasteiger partial charge in [0.1, 0.15) is 0 Å². The number of benzene rings is 1. The molecule has 3 rings (SSSR count). The minimum Gasteiger partial charge on any atom is -0.494 e. The van der Waals surface area contributed by atoms with Crippen LogP contribution >= 0.6 is 11.6 Å². The summed E-state index contributed by atoms with van der Waals surface area (Å²) in [6, 6.07) is 5.00. The number of hydrogen-bond acceptors (Lipinski definition) is 6. The Bertz CT molecular complexity index is 946. The summed E-state index contributed by atoms with van der Waals surface area (Å²) in [5.74, 6) is -0.591. The van der Waals surface area contributed by atoms with E-state index >= 15 is 0 Å². The van der Waals surface area contributed by atoms with Crippen LogP contribution in [0.15, 0.2) is 29.4 Å². The molecule has 0 aliphatic heterocycles. The number of halogens is 1. The molecular formula is C19H19ClN2O5. The van der Waals surface area contributed by atoms with Gasteiger partial charge in [-0.3, -0.25) is 4.57 Å². The molecule has 0 unspecified atom stereocenters. The van der Waals surface area contributed by atoms with Crippen molar-refractivity contribution in [1.82, 2.24) is 4.57 Å². The predicted octanol–water partition coefficient (Wildman–Crippen LogP) is 3.41. The van der Waals surface area contributed by atoms with Gasteiger partial charge in [-0.15, -0.1) is 0 Å². The van der Waals surface area contributed by atoms with E-state index in [1.165, 1.54) is 11.7 Å². The summed E-state index contributed by atoms with van der Waals surface area (Å²) < 4.78 is 5.84. The first-order valence-corrected chi connectivity index (χ1v) is 8.67. The first kappa shape index (κ1) is 18.8. The van der Waals surface area contributed by atoms with Crippen LogP contribution in [0.3, 0.4) is 0 Å². The lowest BCUT2D eigenvalue weighted by Gasteiger charge is -2.11. The van der Waals surface area contributed by atoms with Gasteiger partial charge >= 0.3 is 5.97 Å². The van der Waals surface area contributed by atoms with Gasteiger partial charge in [-0.1, -0.05) is 28.9 Å². The summed E-state index contributed by atoms with van der Waals surface area (Å²) >= 11 is 6.25. The van der Waals surface area contributed by atoms with E-state index in [0.29, 0.717) is 39.5 Å². The molecule has 1 aromatic carbocycles. The summed E-state index contributed by atoms with van der Waals surface area (Å²) in [5, 5.41) is 25.4. The summed E-state index contributed by atoms with van der Waals surface area (Å²) in [6.07, 6.45) is 5.21. The zero-order valence-corrected chi connectivity index (χ0v) is 15.7. The van der Waals surface area contributed by atoms with Gasteiger partial charge in [-0.25, -0.2) is 4.79 Å². The summed E-state index contributed by atoms with van der Waals surface area (Å²) in [6.45, 7) is 1.36. The Balaban J connectivity index is 1.97. The van der Waals surface area contributed by atoms with E-state index in [1.54, 1.807) is 31.2 Å². The van der Waals surface area contributed by atoms with Gasteiger partial charge in [0.05, 0.1) is 18.5 Å². The highest BCUT2D eigenvalue weighted by Crippen LogP contribution is 2.40. The fourth-order valence-corrected chi connectivity index (χ4v) is 3.18. The molecule has 1 aromatic heterocycles. The maximum atomic E-state index is 11.1. The van der Waals surface area contributed by atoms with Crippen LogP contribution in [0.2, 0.25) is 5.02 Å². The Hall–Kier alpha value is -2.93. The number of rotatable bonds is 5. The van der Waals surface area contributed by atoms with E-state index in [0.717, 1.165) is 6.42 Å². The van der Waals surface area contributed by atoms with Crippen LogP contribution in [-0.2, 0) is 20.8 Å². The average Bonchev–Trinajstić information content (AvgIpc) is 2.93. The van der Waals surface area contributed by atoms with Crippen molar-refractivity contribution >= 4 is 29.4 Å². The molecule has 2 aromatic rings. The number of allylic oxidation sites excluding steroid dienone is 1. The highest BCUT2D eigenvalue weighted by atomic mass is 35.5. The lowest BCUT2D eigenvalue weighted by atomic mass is 10.0. The number of fused-ring (bicyclic) bond motifs is 1. The van der Waals surface area contributed by atoms with Crippen LogP contribution in [0.25, 0.3) is 11.8 Å². The number of aromatic nitrogens is 1. The predicted molar refractivity (Wildman–Crippen MR) is 102 cm³/mol. The molecule has 142 valence electrons. The molecule has 0 atom stereocenters. The number of esters is 1. The van der Waals surface area contributed by atoms with Gasteiger partial charge in [0, 0.05) is 21.7 Å². The SMILES string of the molecule is COC(=O)CON=C(C)c1cc(-n2c(O)c3c(c2O)CCC=C3)ccc1Cl. The fraction of sp³-hybridized carbons (Fsp3) is 0.263. The minimum absolute atomic E-state index is 0.00310. The van der Waals surface area contributed by atoms with Crippen molar-refractivity contribution in [3.05, 3.63) is 46.0 Å². The third-order valence-electron chi connectivity index (χ3n) is 4.31. The third kappa shape index (κ3) is 3.64. The van der Waals surface area contributed by atoms with E-state index in [9.17, 15) is 15.0 Å². The molecule has 0 radical (unpaired) electrons. The molecule has 27 heavy (non-hydrogen) atoms. The van der Waals surface area contributed by atoms with Crippen molar-refractivity contribution in [2.24, 2.45) is 5.16 Å². The Kier molecular flexibility index (Phi) is 5.41. The standard InChI is InChI=1S/C19H19ClN2O5/c1-11(21-27-10-17(23)26-2)15-9-12(7-8-16(15)20)22-18(24)13-5-3-4-6-14(13)19(22)25/h3,5,7-9,24-25H,4,6,10H2,1-2H3. The van der Waals surface area contributed by atoms with Crippen molar-refractivity contribution < 1.29 is 24.6 Å². The molecule has 2 N–H and O–H groups in total. The molecule has 1 aliphatic carbocycles. The quantitative estimate of drug-likeness (QED) is 0.463. The number of aromatic hydroxyl groups is 2. The second-order valence-electron chi connectivity index (χ2n) is 6.01. The van der Waals surface area contributed by atoms with Crippen LogP contribution in [-0.4, -0.2) is 40.2 Å². The lowest BCUT2D eigenvalue weighted by Crippen LogP contribution is -2.09. The molecule has 0 spiro atoms. The topological polar surface area (TPSA) is 93.3 Å². The molecule has 8 heteroatoms. The van der Waals surface area contributed by atoms with Gasteiger partial charge in [0.15, 0.2) is 0 Å². The van der Waals surface area contributed by atoms with Crippen LogP contribution in [0, 0.1) is 0 Å². The summed E-state index contributed by atoms with van der Waals surface area (Å²) in [5.41, 5.74) is 2.82. The monoisotopic (exact) mass is 390 g/mol. The summed E-state index contributed by atoms with van der Waals surface area (Å²) in [7, 11) is 1.26. The summed E-state index contributed by atoms with van der Waals surface area (Å²) in [4.78, 5) is 16.1. The van der Waals surface area contributed by atoms with Gasteiger partial charge in [-0.05, 0) is 38.0 Å². The number of carbonyl (C=O) groups is 1. The Morgan fingerprint density at radius 3 is 2.81 bits per heavy atom. The van der Waals surface area contributed by atoms with Gasteiger partial charge in [0.2, 0.25) is 18.4 Å². The number of methoxy groups -OCH3 is 1. The van der Waals surface area contributed by atoms with Crippen LogP contribution in [0.5, 0.6) is 11.8 Å². The van der Waals surface area contributed by atoms with Gasteiger partial charge in [-0.2, -0.15) is 0 Å². The smallest absolute Gasteiger partial charge is 0.346 e. The Labute approximate surface area is 161 Å². The van der Waals surface area contributed by atoms with Crippen molar-refractivity contribution in [2.75, 3.05) is 13.7 Å². The van der Waals surface area contributed by atoms with Crippen molar-refractivity contribution in [3.63, 3.8) is 0 Å². The number of nitrogens with zero attached hydrogens (tertiary/aromatic N) is 2. The third-order valence-corrected chi connectivity index (χ3v) is 4.64. The van der Waals surface area contributed by atoms with Gasteiger partial charge < -0.3 is 19.8 Å². The first-order chi connectivity index (χ1) is 12.9. The molecule has 0 saturated carbocycles. The zero-order valence-electron chi connectivity index (χ0n) is 14.9. The molecule has 0 bridgehead atoms. The normalized spacial score (nSPS) is 13.4. The van der Waals surface area contributed by atoms with Gasteiger partial charge in [0.25, 0.3) is 0 Å². The molecule has 0 amide bonds. The van der Waals surface area contributed by atoms with E-state index in [-0.39, 0.29) is 18.4 Å². The molecular weight excluding hydrogens is 372 g/mol. The number of carbonyl (C=O) groups excluding carboxylic acids is 1. The molecule has 7 nitrogen and oxygen atoms in total. The molecule has 1 aliphatic rings. The molecule has 0 saturated heterocycles. The molecule has 1 heterocycles. The highest BCUT2D eigenvalue weighted by Gasteiger charge is 2.23. The van der Waals surface area contributed by atoms with E-state index in [4.69, 9.17) is 16.4 Å². The van der Waals surface area contributed by atoms with Crippen molar-refractivity contribution in [3.8, 4) is 17.4 Å². The van der Waals surface area contributed by atoms with Crippen molar-refractivity contribution in [1.29, 1.82) is 0 Å². The fourth-order valence-electron chi connectivity index (χ4n) is 2.93. The lowest BCUT2D eigenvalue weighted by molar-refractivity contribution is -0.145. The van der Waals surface area contributed by atoms with E-state index in [2.05, 4.69) is 9.89 Å². The Morgan fingerprint density at radius 1 is 1.33 bits per heavy atom. The molecule has 0 fully saturated rings. The van der Waals surface area contributed by atoms with Crippen LogP contribution < -0.4 is 0 Å². The minimum atomic E-state index is -0.549. The average molecular weight is 391 g/mol. The maximum absolute atomic E-state index is 11.1. The number of oxime groups is 1. The van der Waals surface area contributed by atoms with E-state index < -0.39 is 5.97 Å². The first-order valence-electron chi connectivity index (χ1n) is 8.29. The zero-order chi connectivity index (χ0) is 19.6. The van der Waals surface area contributed by atoms with E-state index in [1.807, 2.05) is 6.08 Å². The second kappa shape index (κ2) is 7.75.